The van der Waals surface area contributed by atoms with Crippen LogP contribution in [0.25, 0.3) is 11.4 Å². The van der Waals surface area contributed by atoms with Gasteiger partial charge in [0, 0.05) is 11.6 Å². The van der Waals surface area contributed by atoms with Gasteiger partial charge in [-0.05, 0) is 31.2 Å². The monoisotopic (exact) mass is 402 g/mol. The van der Waals surface area contributed by atoms with Crippen molar-refractivity contribution >= 4 is 23.7 Å². The second-order valence-corrected chi connectivity index (χ2v) is 8.11. The molecule has 28 heavy (non-hydrogen) atoms. The second-order valence-electron chi connectivity index (χ2n) is 7.17. The normalized spacial score (nSPS) is 19.2. The minimum Gasteiger partial charge on any atom is -0.335 e. The average Bonchev–Trinajstić information content (AvgIpc) is 3.03. The summed E-state index contributed by atoms with van der Waals surface area (Å²) in [5, 5.41) is 13.9. The van der Waals surface area contributed by atoms with Crippen LogP contribution in [0.1, 0.15) is 38.2 Å². The Morgan fingerprint density at radius 2 is 2.00 bits per heavy atom. The van der Waals surface area contributed by atoms with Gasteiger partial charge in [-0.25, -0.2) is 9.47 Å². The van der Waals surface area contributed by atoms with Crippen LogP contribution in [0.4, 0.5) is 4.79 Å². The number of benzene rings is 1. The van der Waals surface area contributed by atoms with E-state index in [-0.39, 0.29) is 11.8 Å². The molecule has 1 fully saturated rings. The van der Waals surface area contributed by atoms with Gasteiger partial charge in [0.2, 0.25) is 11.1 Å². The van der Waals surface area contributed by atoms with Gasteiger partial charge in [0.15, 0.2) is 5.82 Å². The molecule has 0 saturated heterocycles. The Labute approximate surface area is 168 Å². The maximum Gasteiger partial charge on any atom is 0.321 e. The Morgan fingerprint density at radius 3 is 2.75 bits per heavy atom. The number of imide groups is 1. The summed E-state index contributed by atoms with van der Waals surface area (Å²) in [6.07, 6.45) is 4.36. The lowest BCUT2D eigenvalue weighted by molar-refractivity contribution is -0.117. The number of aromatic nitrogens is 3. The van der Waals surface area contributed by atoms with Crippen molar-refractivity contribution in [3.8, 4) is 11.4 Å². The van der Waals surface area contributed by atoms with Gasteiger partial charge in [-0.3, -0.25) is 10.1 Å². The van der Waals surface area contributed by atoms with Crippen LogP contribution in [0.3, 0.4) is 0 Å². The fourth-order valence-corrected chi connectivity index (χ4v) is 4.07. The smallest absolute Gasteiger partial charge is 0.321 e. The zero-order valence-corrected chi connectivity index (χ0v) is 17.0. The number of aryl methyl sites for hydroxylation is 1. The van der Waals surface area contributed by atoms with Crippen molar-refractivity contribution < 1.29 is 9.59 Å². The SMILES string of the molecule is Cc1ccccc1-c1nnc(SCC(=O)NC(=O)N[C@H]2CCCC[C@@H]2C)n1N. The molecule has 2 atom stereocenters. The molecule has 1 aromatic heterocycles. The van der Waals surface area contributed by atoms with Crippen LogP contribution in [0.2, 0.25) is 0 Å². The van der Waals surface area contributed by atoms with Crippen LogP contribution in [0, 0.1) is 12.8 Å². The Balaban J connectivity index is 1.52. The first-order valence-corrected chi connectivity index (χ1v) is 10.4. The van der Waals surface area contributed by atoms with Crippen LogP contribution >= 0.6 is 11.8 Å². The van der Waals surface area contributed by atoms with Gasteiger partial charge in [0.25, 0.3) is 0 Å². The Morgan fingerprint density at radius 1 is 1.25 bits per heavy atom. The number of amides is 3. The van der Waals surface area contributed by atoms with Gasteiger partial charge in [-0.15, -0.1) is 10.2 Å². The third-order valence-corrected chi connectivity index (χ3v) is 6.01. The Bertz CT molecular complexity index is 853. The molecule has 0 aliphatic heterocycles. The first kappa shape index (κ1) is 20.2. The van der Waals surface area contributed by atoms with Gasteiger partial charge in [0.05, 0.1) is 5.75 Å². The van der Waals surface area contributed by atoms with Crippen LogP contribution < -0.4 is 16.5 Å². The lowest BCUT2D eigenvalue weighted by atomic mass is 9.86. The molecule has 1 saturated carbocycles. The minimum atomic E-state index is -0.445. The number of hydrogen-bond donors (Lipinski definition) is 3. The van der Waals surface area contributed by atoms with Crippen molar-refractivity contribution in [2.45, 2.75) is 50.7 Å². The number of nitrogens with zero attached hydrogens (tertiary/aromatic N) is 3. The first-order valence-electron chi connectivity index (χ1n) is 9.45. The van der Waals surface area contributed by atoms with Gasteiger partial charge >= 0.3 is 6.03 Å². The Kier molecular flexibility index (Phi) is 6.56. The molecule has 9 heteroatoms. The van der Waals surface area contributed by atoms with Crippen LogP contribution in [-0.4, -0.2) is 38.6 Å². The minimum absolute atomic E-state index is 0.0245. The number of thioether (sulfide) groups is 1. The topological polar surface area (TPSA) is 115 Å². The molecule has 0 unspecified atom stereocenters. The molecule has 8 nitrogen and oxygen atoms in total. The van der Waals surface area contributed by atoms with Crippen LogP contribution in [0.15, 0.2) is 29.4 Å². The molecular weight excluding hydrogens is 376 g/mol. The van der Waals surface area contributed by atoms with E-state index in [2.05, 4.69) is 27.8 Å². The third-order valence-electron chi connectivity index (χ3n) is 5.06. The van der Waals surface area contributed by atoms with Crippen molar-refractivity contribution in [3.05, 3.63) is 29.8 Å². The summed E-state index contributed by atoms with van der Waals surface area (Å²) in [4.78, 5) is 24.2. The maximum absolute atomic E-state index is 12.1. The summed E-state index contributed by atoms with van der Waals surface area (Å²) >= 11 is 1.14. The molecule has 1 heterocycles. The highest BCUT2D eigenvalue weighted by Gasteiger charge is 2.23. The highest BCUT2D eigenvalue weighted by atomic mass is 32.2. The number of hydrogen-bond acceptors (Lipinski definition) is 6. The maximum atomic E-state index is 12.1. The number of urea groups is 1. The van der Waals surface area contributed by atoms with Gasteiger partial charge in [0.1, 0.15) is 0 Å². The molecule has 3 amide bonds. The number of carbonyl (C=O) groups is 2. The van der Waals surface area contributed by atoms with Gasteiger partial charge < -0.3 is 11.2 Å². The molecule has 0 bridgehead atoms. The van der Waals surface area contributed by atoms with E-state index in [0.717, 1.165) is 42.2 Å². The number of carbonyl (C=O) groups excluding carboxylic acids is 2. The van der Waals surface area contributed by atoms with E-state index >= 15 is 0 Å². The molecule has 1 aromatic carbocycles. The zero-order valence-electron chi connectivity index (χ0n) is 16.1. The molecule has 1 aliphatic carbocycles. The van der Waals surface area contributed by atoms with Gasteiger partial charge in [-0.2, -0.15) is 0 Å². The predicted octanol–water partition coefficient (Wildman–Crippen LogP) is 2.46. The van der Waals surface area contributed by atoms with E-state index in [4.69, 9.17) is 5.84 Å². The van der Waals surface area contributed by atoms with Crippen molar-refractivity contribution in [2.24, 2.45) is 5.92 Å². The molecule has 0 spiro atoms. The Hall–Kier alpha value is -2.55. The zero-order chi connectivity index (χ0) is 20.1. The molecule has 0 radical (unpaired) electrons. The van der Waals surface area contributed by atoms with E-state index < -0.39 is 11.9 Å². The number of nitrogens with one attached hydrogen (secondary N) is 2. The second kappa shape index (κ2) is 9.09. The van der Waals surface area contributed by atoms with Crippen molar-refractivity contribution in [2.75, 3.05) is 11.6 Å². The highest BCUT2D eigenvalue weighted by molar-refractivity contribution is 7.99. The van der Waals surface area contributed by atoms with Crippen molar-refractivity contribution in [1.29, 1.82) is 0 Å². The summed E-state index contributed by atoms with van der Waals surface area (Å²) in [7, 11) is 0. The predicted molar refractivity (Wildman–Crippen MR) is 109 cm³/mol. The quantitative estimate of drug-likeness (QED) is 0.523. The van der Waals surface area contributed by atoms with Crippen LogP contribution in [0.5, 0.6) is 0 Å². The molecule has 3 rings (SSSR count). The lowest BCUT2D eigenvalue weighted by Gasteiger charge is -2.29. The summed E-state index contributed by atoms with van der Waals surface area (Å²) in [5.74, 6) is 6.68. The number of nitrogens with two attached hydrogens (primary N) is 1. The third kappa shape index (κ3) is 4.83. The van der Waals surface area contributed by atoms with Crippen molar-refractivity contribution in [3.63, 3.8) is 0 Å². The molecule has 1 aliphatic rings. The summed E-state index contributed by atoms with van der Waals surface area (Å²) < 4.78 is 1.37. The van der Waals surface area contributed by atoms with Crippen molar-refractivity contribution in [1.82, 2.24) is 25.5 Å². The summed E-state index contributed by atoms with van der Waals surface area (Å²) in [6.45, 7) is 4.10. The van der Waals surface area contributed by atoms with Gasteiger partial charge in [-0.1, -0.05) is 55.8 Å². The standard InChI is InChI=1S/C19H26N6O2S/c1-12-7-3-5-9-14(12)17-23-24-19(25(17)20)28-11-16(26)22-18(27)21-15-10-6-4-8-13(15)2/h3,5,7,9,13,15H,4,6,8,10-11,20H2,1-2H3,(H2,21,22,26,27)/t13-,15-/m0/s1. The summed E-state index contributed by atoms with van der Waals surface area (Å²) in [5.41, 5.74) is 1.92. The first-order chi connectivity index (χ1) is 13.5. The molecule has 4 N–H and O–H groups in total. The van der Waals surface area contributed by atoms with E-state index in [9.17, 15) is 9.59 Å². The summed E-state index contributed by atoms with van der Waals surface area (Å²) in [6, 6.07) is 7.41. The molecule has 2 aromatic rings. The number of nitrogen functional groups attached to an aromatic ring is 1. The fourth-order valence-electron chi connectivity index (χ4n) is 3.41. The molecular formula is C19H26N6O2S. The van der Waals surface area contributed by atoms with E-state index in [1.807, 2.05) is 31.2 Å². The van der Waals surface area contributed by atoms with E-state index in [0.29, 0.717) is 16.9 Å². The van der Waals surface area contributed by atoms with E-state index in [1.54, 1.807) is 0 Å². The van der Waals surface area contributed by atoms with E-state index in [1.165, 1.54) is 11.1 Å². The lowest BCUT2D eigenvalue weighted by Crippen LogP contribution is -2.48. The largest absolute Gasteiger partial charge is 0.335 e. The molecule has 150 valence electrons. The van der Waals surface area contributed by atoms with Crippen LogP contribution in [-0.2, 0) is 4.79 Å². The average molecular weight is 403 g/mol. The fraction of sp³-hybridized carbons (Fsp3) is 0.474. The number of rotatable bonds is 5. The highest BCUT2D eigenvalue weighted by Crippen LogP contribution is 2.24.